The standard InChI is InChI=1S/C19H31N3O2.ClH/c1-15(20)12-19(24)21(2)13-16-8-10-22(11-9-16)14-18(23)17-6-4-3-5-7-17;/h3-7,15-16,18,23H,8-14,20H2,1-2H3;1H. The highest BCUT2D eigenvalue weighted by Crippen LogP contribution is 2.21. The molecule has 1 saturated heterocycles. The molecule has 1 heterocycles. The van der Waals surface area contributed by atoms with Crippen LogP contribution in [0, 0.1) is 5.92 Å². The molecule has 0 radical (unpaired) electrons. The van der Waals surface area contributed by atoms with E-state index in [0.717, 1.165) is 38.0 Å². The molecule has 1 fully saturated rings. The Morgan fingerprint density at radius 2 is 1.92 bits per heavy atom. The minimum atomic E-state index is -0.432. The van der Waals surface area contributed by atoms with Crippen molar-refractivity contribution in [2.75, 3.05) is 33.2 Å². The number of rotatable bonds is 7. The number of carbonyl (C=O) groups is 1. The number of β-amino-alcohol motifs (C(OH)–C–C–N with tert-alkyl or cyclic N) is 1. The molecule has 142 valence electrons. The molecule has 1 aliphatic rings. The minimum absolute atomic E-state index is 0. The molecule has 0 bridgehead atoms. The van der Waals surface area contributed by atoms with E-state index in [-0.39, 0.29) is 24.4 Å². The van der Waals surface area contributed by atoms with Gasteiger partial charge in [-0.15, -0.1) is 12.4 Å². The lowest BCUT2D eigenvalue weighted by atomic mass is 9.95. The summed E-state index contributed by atoms with van der Waals surface area (Å²) >= 11 is 0. The number of hydrogen-bond acceptors (Lipinski definition) is 4. The largest absolute Gasteiger partial charge is 0.387 e. The van der Waals surface area contributed by atoms with E-state index in [2.05, 4.69) is 4.90 Å². The van der Waals surface area contributed by atoms with Crippen LogP contribution in [0.15, 0.2) is 30.3 Å². The Balaban J connectivity index is 0.00000312. The van der Waals surface area contributed by atoms with Gasteiger partial charge in [-0.25, -0.2) is 0 Å². The first-order valence-corrected chi connectivity index (χ1v) is 8.90. The SMILES string of the molecule is CC(N)CC(=O)N(C)CC1CCN(CC(O)c2ccccc2)CC1.Cl. The summed E-state index contributed by atoms with van der Waals surface area (Å²) in [5, 5.41) is 10.3. The molecule has 1 amide bonds. The van der Waals surface area contributed by atoms with Crippen LogP contribution in [-0.4, -0.2) is 60.1 Å². The fourth-order valence-electron chi connectivity index (χ4n) is 3.30. The maximum Gasteiger partial charge on any atom is 0.223 e. The zero-order chi connectivity index (χ0) is 17.5. The quantitative estimate of drug-likeness (QED) is 0.771. The smallest absolute Gasteiger partial charge is 0.223 e. The molecule has 2 unspecified atom stereocenters. The van der Waals surface area contributed by atoms with Gasteiger partial charge in [-0.2, -0.15) is 0 Å². The third-order valence-electron chi connectivity index (χ3n) is 4.78. The van der Waals surface area contributed by atoms with Crippen molar-refractivity contribution in [3.8, 4) is 0 Å². The summed E-state index contributed by atoms with van der Waals surface area (Å²) in [6.45, 7) is 5.30. The van der Waals surface area contributed by atoms with Gasteiger partial charge in [-0.1, -0.05) is 30.3 Å². The molecular weight excluding hydrogens is 338 g/mol. The number of aliphatic hydroxyl groups is 1. The normalized spacial score (nSPS) is 18.2. The Labute approximate surface area is 157 Å². The number of amides is 1. The van der Waals surface area contributed by atoms with Crippen molar-refractivity contribution in [1.29, 1.82) is 0 Å². The molecule has 1 aliphatic heterocycles. The molecular formula is C19H32ClN3O2. The van der Waals surface area contributed by atoms with E-state index in [4.69, 9.17) is 5.73 Å². The van der Waals surface area contributed by atoms with Crippen molar-refractivity contribution in [2.45, 2.75) is 38.3 Å². The Bertz CT molecular complexity index is 505. The molecule has 3 N–H and O–H groups in total. The molecule has 1 aromatic rings. The maximum absolute atomic E-state index is 12.0. The monoisotopic (exact) mass is 369 g/mol. The van der Waals surface area contributed by atoms with Crippen LogP contribution in [-0.2, 0) is 4.79 Å². The molecule has 6 heteroatoms. The van der Waals surface area contributed by atoms with E-state index in [1.165, 1.54) is 0 Å². The van der Waals surface area contributed by atoms with Gasteiger partial charge in [0.1, 0.15) is 0 Å². The number of carbonyl (C=O) groups excluding carboxylic acids is 1. The molecule has 5 nitrogen and oxygen atoms in total. The fraction of sp³-hybridized carbons (Fsp3) is 0.632. The van der Waals surface area contributed by atoms with Gasteiger partial charge in [0.05, 0.1) is 6.10 Å². The summed E-state index contributed by atoms with van der Waals surface area (Å²) in [5.74, 6) is 0.670. The summed E-state index contributed by atoms with van der Waals surface area (Å²) in [6, 6.07) is 9.73. The van der Waals surface area contributed by atoms with E-state index < -0.39 is 6.10 Å². The minimum Gasteiger partial charge on any atom is -0.387 e. The Morgan fingerprint density at radius 3 is 2.48 bits per heavy atom. The summed E-state index contributed by atoms with van der Waals surface area (Å²) < 4.78 is 0. The average molecular weight is 370 g/mol. The van der Waals surface area contributed by atoms with Crippen molar-refractivity contribution in [3.63, 3.8) is 0 Å². The number of piperidine rings is 1. The number of benzene rings is 1. The van der Waals surface area contributed by atoms with Crippen LogP contribution < -0.4 is 5.73 Å². The molecule has 2 atom stereocenters. The van der Waals surface area contributed by atoms with Gasteiger partial charge in [0.2, 0.25) is 5.91 Å². The first-order chi connectivity index (χ1) is 11.5. The van der Waals surface area contributed by atoms with Crippen molar-refractivity contribution in [1.82, 2.24) is 9.80 Å². The lowest BCUT2D eigenvalue weighted by molar-refractivity contribution is -0.130. The molecule has 0 spiro atoms. The topological polar surface area (TPSA) is 69.8 Å². The van der Waals surface area contributed by atoms with Crippen molar-refractivity contribution >= 4 is 18.3 Å². The van der Waals surface area contributed by atoms with Gasteiger partial charge in [0.15, 0.2) is 0 Å². The van der Waals surface area contributed by atoms with Gasteiger partial charge < -0.3 is 20.6 Å². The second-order valence-corrected chi connectivity index (χ2v) is 7.13. The highest BCUT2D eigenvalue weighted by Gasteiger charge is 2.23. The van der Waals surface area contributed by atoms with Crippen LogP contribution in [0.5, 0.6) is 0 Å². The molecule has 0 aliphatic carbocycles. The van der Waals surface area contributed by atoms with Crippen molar-refractivity contribution in [2.24, 2.45) is 11.7 Å². The number of halogens is 1. The summed E-state index contributed by atoms with van der Waals surface area (Å²) in [6.07, 6.45) is 2.12. The van der Waals surface area contributed by atoms with E-state index >= 15 is 0 Å². The van der Waals surface area contributed by atoms with Crippen LogP contribution in [0.2, 0.25) is 0 Å². The Hall–Kier alpha value is -1.14. The highest BCUT2D eigenvalue weighted by molar-refractivity contribution is 5.85. The lowest BCUT2D eigenvalue weighted by Gasteiger charge is -2.35. The van der Waals surface area contributed by atoms with Gasteiger partial charge in [0.25, 0.3) is 0 Å². The van der Waals surface area contributed by atoms with E-state index in [0.29, 0.717) is 18.9 Å². The summed E-state index contributed by atoms with van der Waals surface area (Å²) in [7, 11) is 1.87. The number of nitrogens with two attached hydrogens (primary N) is 1. The maximum atomic E-state index is 12.0. The van der Waals surface area contributed by atoms with Gasteiger partial charge >= 0.3 is 0 Å². The zero-order valence-corrected chi connectivity index (χ0v) is 16.1. The van der Waals surface area contributed by atoms with Gasteiger partial charge in [-0.3, -0.25) is 4.79 Å². The molecule has 25 heavy (non-hydrogen) atoms. The predicted octanol–water partition coefficient (Wildman–Crippen LogP) is 2.05. The summed E-state index contributed by atoms with van der Waals surface area (Å²) in [5.41, 5.74) is 6.67. The van der Waals surface area contributed by atoms with Crippen LogP contribution >= 0.6 is 12.4 Å². The summed E-state index contributed by atoms with van der Waals surface area (Å²) in [4.78, 5) is 16.1. The predicted molar refractivity (Wildman–Crippen MR) is 104 cm³/mol. The number of hydrogen-bond donors (Lipinski definition) is 2. The van der Waals surface area contributed by atoms with Crippen LogP contribution in [0.25, 0.3) is 0 Å². The second kappa shape index (κ2) is 10.8. The first kappa shape index (κ1) is 21.9. The van der Waals surface area contributed by atoms with E-state index in [1.54, 1.807) is 0 Å². The van der Waals surface area contributed by atoms with Gasteiger partial charge in [0, 0.05) is 32.6 Å². The number of likely N-dealkylation sites (tertiary alicyclic amines) is 1. The Morgan fingerprint density at radius 1 is 1.32 bits per heavy atom. The number of aliphatic hydroxyl groups excluding tert-OH is 1. The highest BCUT2D eigenvalue weighted by atomic mass is 35.5. The number of nitrogens with zero attached hydrogens (tertiary/aromatic N) is 2. The molecule has 0 saturated carbocycles. The van der Waals surface area contributed by atoms with Crippen LogP contribution in [0.3, 0.4) is 0 Å². The third-order valence-corrected chi connectivity index (χ3v) is 4.78. The fourth-order valence-corrected chi connectivity index (χ4v) is 3.30. The van der Waals surface area contributed by atoms with Crippen molar-refractivity contribution in [3.05, 3.63) is 35.9 Å². The molecule has 2 rings (SSSR count). The average Bonchev–Trinajstić information content (AvgIpc) is 2.56. The first-order valence-electron chi connectivity index (χ1n) is 8.90. The zero-order valence-electron chi connectivity index (χ0n) is 15.3. The van der Waals surface area contributed by atoms with E-state index in [9.17, 15) is 9.90 Å². The van der Waals surface area contributed by atoms with E-state index in [1.807, 2.05) is 49.2 Å². The third kappa shape index (κ3) is 7.32. The van der Waals surface area contributed by atoms with Crippen LogP contribution in [0.1, 0.15) is 37.9 Å². The molecule has 1 aromatic carbocycles. The lowest BCUT2D eigenvalue weighted by Crippen LogP contribution is -2.41. The van der Waals surface area contributed by atoms with Crippen molar-refractivity contribution < 1.29 is 9.90 Å². The second-order valence-electron chi connectivity index (χ2n) is 7.13. The Kier molecular flexibility index (Phi) is 9.43. The molecule has 0 aromatic heterocycles. The van der Waals surface area contributed by atoms with Gasteiger partial charge in [-0.05, 0) is 44.3 Å². The van der Waals surface area contributed by atoms with Crippen LogP contribution in [0.4, 0.5) is 0 Å².